The molecule has 0 aromatic rings. The second kappa shape index (κ2) is 17.4. The monoisotopic (exact) mass is 480 g/mol. The second-order valence-electron chi connectivity index (χ2n) is 8.17. The van der Waals surface area contributed by atoms with Crippen molar-refractivity contribution in [1.82, 2.24) is 0 Å². The highest BCUT2D eigenvalue weighted by Gasteiger charge is 2.34. The van der Waals surface area contributed by atoms with Gasteiger partial charge in [0.2, 0.25) is 0 Å². The molecule has 0 aromatic heterocycles. The normalized spacial score (nSPS) is 23.8. The first-order chi connectivity index (χ1) is 14.1. The maximum atomic E-state index is 11.4. The second-order valence-corrected chi connectivity index (χ2v) is 12.4. The molecule has 0 spiro atoms. The summed E-state index contributed by atoms with van der Waals surface area (Å²) >= 11 is 8.09. The van der Waals surface area contributed by atoms with E-state index in [1.807, 2.05) is 23.5 Å². The summed E-state index contributed by atoms with van der Waals surface area (Å²) < 4.78 is 4.80. The largest absolute Gasteiger partial charge is 0.469 e. The van der Waals surface area contributed by atoms with E-state index < -0.39 is 0 Å². The predicted octanol–water partition coefficient (Wildman–Crippen LogP) is 7.40. The van der Waals surface area contributed by atoms with Crippen molar-refractivity contribution < 1.29 is 9.53 Å². The smallest absolute Gasteiger partial charge is 0.305 e. The summed E-state index contributed by atoms with van der Waals surface area (Å²) in [6, 6.07) is 0. The van der Waals surface area contributed by atoms with E-state index in [9.17, 15) is 4.79 Å². The molecule has 6 heteroatoms. The molecule has 0 bridgehead atoms. The molecule has 29 heavy (non-hydrogen) atoms. The van der Waals surface area contributed by atoms with Gasteiger partial charge in [0.05, 0.1) is 7.11 Å². The molecule has 1 saturated carbocycles. The number of esters is 1. The van der Waals surface area contributed by atoms with Crippen molar-refractivity contribution in [2.24, 2.45) is 5.92 Å². The van der Waals surface area contributed by atoms with Crippen LogP contribution in [0.5, 0.6) is 0 Å². The molecule has 0 aromatic carbocycles. The molecule has 5 unspecified atom stereocenters. The number of thioether (sulfide) groups is 4. The summed E-state index contributed by atoms with van der Waals surface area (Å²) in [6.45, 7) is 0. The summed E-state index contributed by atoms with van der Waals surface area (Å²) in [5.74, 6) is 0.896. The van der Waals surface area contributed by atoms with E-state index >= 15 is 0 Å². The summed E-state index contributed by atoms with van der Waals surface area (Å²) in [4.78, 5) is 11.4. The molecule has 0 heterocycles. The van der Waals surface area contributed by atoms with Crippen molar-refractivity contribution in [2.45, 2.75) is 98.0 Å². The van der Waals surface area contributed by atoms with Gasteiger partial charge in [-0.25, -0.2) is 0 Å². The van der Waals surface area contributed by atoms with Gasteiger partial charge >= 0.3 is 5.97 Å². The van der Waals surface area contributed by atoms with Crippen LogP contribution < -0.4 is 0 Å². The average molecular weight is 481 g/mol. The Hall–Kier alpha value is 0.870. The lowest BCUT2D eigenvalue weighted by molar-refractivity contribution is -0.140. The van der Waals surface area contributed by atoms with Gasteiger partial charge < -0.3 is 4.74 Å². The highest BCUT2D eigenvalue weighted by atomic mass is 32.2. The summed E-state index contributed by atoms with van der Waals surface area (Å²) in [6.07, 6.45) is 24.4. The fourth-order valence-electron chi connectivity index (χ4n) is 4.65. The van der Waals surface area contributed by atoms with Crippen LogP contribution in [0.4, 0.5) is 0 Å². The Balaban J connectivity index is 2.10. The topological polar surface area (TPSA) is 26.3 Å². The van der Waals surface area contributed by atoms with Crippen LogP contribution in [-0.4, -0.2) is 59.1 Å². The third kappa shape index (κ3) is 10.8. The molecule has 0 saturated heterocycles. The number of hydrogen-bond donors (Lipinski definition) is 0. The summed E-state index contributed by atoms with van der Waals surface area (Å²) in [5, 5.41) is 3.02. The maximum Gasteiger partial charge on any atom is 0.305 e. The van der Waals surface area contributed by atoms with E-state index in [1.165, 1.54) is 71.3 Å². The van der Waals surface area contributed by atoms with Crippen molar-refractivity contribution in [3.63, 3.8) is 0 Å². The van der Waals surface area contributed by atoms with Gasteiger partial charge in [-0.2, -0.15) is 47.0 Å². The number of methoxy groups -OCH3 is 1. The SMILES string of the molecule is COC(=O)CCC(SC)C(CCCCCCCCC1CCC(SC)C1SC)SC. The van der Waals surface area contributed by atoms with Crippen LogP contribution in [-0.2, 0) is 9.53 Å². The number of carbonyl (C=O) groups is 1. The van der Waals surface area contributed by atoms with Crippen LogP contribution in [0.1, 0.15) is 77.0 Å². The van der Waals surface area contributed by atoms with E-state index in [0.29, 0.717) is 16.9 Å². The van der Waals surface area contributed by atoms with Gasteiger partial charge in [-0.1, -0.05) is 38.5 Å². The predicted molar refractivity (Wildman–Crippen MR) is 140 cm³/mol. The Morgan fingerprint density at radius 1 is 0.862 bits per heavy atom. The van der Waals surface area contributed by atoms with Crippen LogP contribution in [0.15, 0.2) is 0 Å². The van der Waals surface area contributed by atoms with Crippen LogP contribution in [0, 0.1) is 5.92 Å². The van der Waals surface area contributed by atoms with Gasteiger partial charge in [0.15, 0.2) is 0 Å². The Kier molecular flexibility index (Phi) is 16.8. The fraction of sp³-hybridized carbons (Fsp3) is 0.957. The van der Waals surface area contributed by atoms with Crippen molar-refractivity contribution in [1.29, 1.82) is 0 Å². The Bertz CT molecular complexity index is 422. The molecular weight excluding hydrogens is 437 g/mol. The fourth-order valence-corrected chi connectivity index (χ4v) is 9.58. The molecule has 0 radical (unpaired) electrons. The highest BCUT2D eigenvalue weighted by Crippen LogP contribution is 2.42. The molecular formula is C23H44O2S4. The minimum Gasteiger partial charge on any atom is -0.469 e. The molecule has 1 aliphatic rings. The number of hydrogen-bond acceptors (Lipinski definition) is 6. The molecule has 5 atom stereocenters. The van der Waals surface area contributed by atoms with Crippen molar-refractivity contribution >= 4 is 53.0 Å². The summed E-state index contributed by atoms with van der Waals surface area (Å²) in [5.41, 5.74) is 0. The number of rotatable bonds is 17. The van der Waals surface area contributed by atoms with E-state index in [-0.39, 0.29) is 5.97 Å². The van der Waals surface area contributed by atoms with Crippen LogP contribution in [0.25, 0.3) is 0 Å². The highest BCUT2D eigenvalue weighted by molar-refractivity contribution is 8.03. The lowest BCUT2D eigenvalue weighted by Crippen LogP contribution is -2.21. The van der Waals surface area contributed by atoms with Crippen LogP contribution >= 0.6 is 47.0 Å². The minimum atomic E-state index is -0.0747. The number of carbonyl (C=O) groups excluding carboxylic acids is 1. The van der Waals surface area contributed by atoms with Gasteiger partial charge in [0, 0.05) is 27.4 Å². The quantitative estimate of drug-likeness (QED) is 0.159. The lowest BCUT2D eigenvalue weighted by atomic mass is 9.98. The maximum absolute atomic E-state index is 11.4. The van der Waals surface area contributed by atoms with Crippen LogP contribution in [0.2, 0.25) is 0 Å². The van der Waals surface area contributed by atoms with Gasteiger partial charge in [-0.15, -0.1) is 0 Å². The van der Waals surface area contributed by atoms with Crippen molar-refractivity contribution in [3.05, 3.63) is 0 Å². The molecule has 2 nitrogen and oxygen atoms in total. The van der Waals surface area contributed by atoms with Gasteiger partial charge in [0.1, 0.15) is 0 Å². The third-order valence-corrected chi connectivity index (χ3v) is 11.5. The Morgan fingerprint density at radius 2 is 1.48 bits per heavy atom. The molecule has 0 amide bonds. The van der Waals surface area contributed by atoms with Gasteiger partial charge in [-0.05, 0) is 63.0 Å². The lowest BCUT2D eigenvalue weighted by Gasteiger charge is -2.24. The van der Waals surface area contributed by atoms with E-state index in [1.54, 1.807) is 0 Å². The molecule has 1 rings (SSSR count). The van der Waals surface area contributed by atoms with E-state index in [4.69, 9.17) is 4.74 Å². The molecule has 0 N–H and O–H groups in total. The number of unbranched alkanes of at least 4 members (excludes halogenated alkanes) is 5. The molecule has 172 valence electrons. The zero-order valence-corrected chi connectivity index (χ0v) is 22.6. The van der Waals surface area contributed by atoms with Gasteiger partial charge in [-0.3, -0.25) is 4.79 Å². The zero-order valence-electron chi connectivity index (χ0n) is 19.3. The molecule has 0 aliphatic heterocycles. The summed E-state index contributed by atoms with van der Waals surface area (Å²) in [7, 11) is 1.48. The van der Waals surface area contributed by atoms with Gasteiger partial charge in [0.25, 0.3) is 0 Å². The minimum absolute atomic E-state index is 0.0747. The van der Waals surface area contributed by atoms with Crippen LogP contribution in [0.3, 0.4) is 0 Å². The first-order valence-electron chi connectivity index (χ1n) is 11.3. The Labute approximate surface area is 198 Å². The average Bonchev–Trinajstić information content (AvgIpc) is 3.15. The number of ether oxygens (including phenoxy) is 1. The molecule has 1 fully saturated rings. The van der Waals surface area contributed by atoms with E-state index in [2.05, 4.69) is 48.5 Å². The zero-order chi connectivity index (χ0) is 21.5. The first-order valence-corrected chi connectivity index (χ1v) is 16.4. The van der Waals surface area contributed by atoms with E-state index in [0.717, 1.165) is 22.8 Å². The van der Waals surface area contributed by atoms with Crippen molar-refractivity contribution in [2.75, 3.05) is 32.1 Å². The third-order valence-electron chi connectivity index (χ3n) is 6.42. The van der Waals surface area contributed by atoms with Crippen molar-refractivity contribution in [3.8, 4) is 0 Å². The first kappa shape index (κ1) is 27.9. The molecule has 1 aliphatic carbocycles. The Morgan fingerprint density at radius 3 is 2.07 bits per heavy atom. The standard InChI is InChI=1S/C23H44O2S4/c1-25-22(24)17-16-20(27-3)19(26-2)13-11-9-7-6-8-10-12-18-14-15-21(28-4)23(18)29-5/h18-21,23H,6-17H2,1-5H3.